The van der Waals surface area contributed by atoms with Gasteiger partial charge in [-0.3, -0.25) is 4.79 Å². The normalized spacial score (nSPS) is 11.4. The van der Waals surface area contributed by atoms with E-state index in [0.29, 0.717) is 28.1 Å². The first-order valence-electron chi connectivity index (χ1n) is 11.4. The monoisotopic (exact) mass is 563 g/mol. The molecule has 36 heavy (non-hydrogen) atoms. The molecule has 0 aliphatic carbocycles. The van der Waals surface area contributed by atoms with E-state index < -0.39 is 24.0 Å². The predicted molar refractivity (Wildman–Crippen MR) is 137 cm³/mol. The minimum atomic E-state index is -0.895. The fourth-order valence-electron chi connectivity index (χ4n) is 3.02. The van der Waals surface area contributed by atoms with Gasteiger partial charge in [-0.2, -0.15) is 5.10 Å². The molecule has 2 N–H and O–H groups in total. The molecule has 10 nitrogen and oxygen atoms in total. The van der Waals surface area contributed by atoms with Crippen LogP contribution in [0.5, 0.6) is 11.5 Å². The molecule has 0 bridgehead atoms. The molecule has 2 rings (SSSR count). The van der Waals surface area contributed by atoms with Gasteiger partial charge < -0.3 is 24.3 Å². The first-order chi connectivity index (χ1) is 17.4. The molecule has 2 aromatic carbocycles. The molecule has 0 saturated carbocycles. The van der Waals surface area contributed by atoms with Crippen LogP contribution in [0.2, 0.25) is 0 Å². The highest BCUT2D eigenvalue weighted by Crippen LogP contribution is 2.36. The molecule has 2 amide bonds. The summed E-state index contributed by atoms with van der Waals surface area (Å²) in [6.07, 6.45) is 0.985. The average molecular weight is 564 g/mol. The first kappa shape index (κ1) is 28.6. The third-order valence-corrected chi connectivity index (χ3v) is 5.12. The number of carbonyl (C=O) groups is 3. The Balaban J connectivity index is 2.12. The lowest BCUT2D eigenvalue weighted by atomic mass is 10.1. The van der Waals surface area contributed by atoms with Crippen LogP contribution in [0, 0.1) is 0 Å². The van der Waals surface area contributed by atoms with Crippen molar-refractivity contribution in [3.8, 4) is 11.5 Å². The van der Waals surface area contributed by atoms with Crippen molar-refractivity contribution in [3.63, 3.8) is 0 Å². The Kier molecular flexibility index (Phi) is 12.3. The first-order valence-corrected chi connectivity index (χ1v) is 12.2. The van der Waals surface area contributed by atoms with E-state index in [1.807, 2.05) is 37.3 Å². The fraction of sp³-hybridized carbons (Fsp3) is 0.360. The molecule has 0 aliphatic heterocycles. The van der Waals surface area contributed by atoms with Gasteiger partial charge in [0, 0.05) is 6.42 Å². The number of hydrogen-bond acceptors (Lipinski definition) is 8. The van der Waals surface area contributed by atoms with Crippen molar-refractivity contribution in [2.45, 2.75) is 33.2 Å². The highest BCUT2D eigenvalue weighted by Gasteiger charge is 2.22. The summed E-state index contributed by atoms with van der Waals surface area (Å²) in [5.74, 6) is -0.286. The molecule has 2 aromatic rings. The molecule has 1 atom stereocenters. The molecule has 0 saturated heterocycles. The number of halogens is 1. The van der Waals surface area contributed by atoms with Crippen LogP contribution in [0.25, 0.3) is 0 Å². The topological polar surface area (TPSA) is 125 Å². The number of esters is 1. The van der Waals surface area contributed by atoms with Crippen LogP contribution < -0.4 is 20.2 Å². The van der Waals surface area contributed by atoms with E-state index in [9.17, 15) is 14.4 Å². The minimum Gasteiger partial charge on any atom is -0.490 e. The molecule has 0 spiro atoms. The van der Waals surface area contributed by atoms with Gasteiger partial charge in [-0.15, -0.1) is 0 Å². The lowest BCUT2D eigenvalue weighted by Gasteiger charge is -2.17. The zero-order valence-corrected chi connectivity index (χ0v) is 22.0. The van der Waals surface area contributed by atoms with Gasteiger partial charge in [-0.05, 0) is 60.0 Å². The maximum absolute atomic E-state index is 12.8. The molecule has 0 aliphatic rings. The summed E-state index contributed by atoms with van der Waals surface area (Å²) in [6, 6.07) is 11.7. The largest absolute Gasteiger partial charge is 0.490 e. The van der Waals surface area contributed by atoms with E-state index in [-0.39, 0.29) is 26.2 Å². The zero-order chi connectivity index (χ0) is 26.3. The molecule has 0 aromatic heterocycles. The lowest BCUT2D eigenvalue weighted by Crippen LogP contribution is -2.47. The fourth-order valence-corrected chi connectivity index (χ4v) is 3.60. The number of benzene rings is 2. The van der Waals surface area contributed by atoms with E-state index in [4.69, 9.17) is 18.9 Å². The van der Waals surface area contributed by atoms with Crippen molar-refractivity contribution >= 4 is 40.1 Å². The van der Waals surface area contributed by atoms with Gasteiger partial charge in [0.2, 0.25) is 0 Å². The number of carbonyl (C=O) groups excluding carboxylic acids is 3. The Bertz CT molecular complexity index is 1050. The quantitative estimate of drug-likeness (QED) is 0.217. The van der Waals surface area contributed by atoms with Crippen molar-refractivity contribution in [2.24, 2.45) is 5.10 Å². The summed E-state index contributed by atoms with van der Waals surface area (Å²) < 4.78 is 21.5. The maximum atomic E-state index is 12.8. The Labute approximate surface area is 218 Å². The van der Waals surface area contributed by atoms with Crippen molar-refractivity contribution in [3.05, 3.63) is 58.1 Å². The van der Waals surface area contributed by atoms with Crippen molar-refractivity contribution < 1.29 is 33.3 Å². The molecule has 11 heteroatoms. The average Bonchev–Trinajstić information content (AvgIpc) is 2.84. The minimum absolute atomic E-state index is 0.181. The Morgan fingerprint density at radius 1 is 1.00 bits per heavy atom. The third kappa shape index (κ3) is 9.57. The van der Waals surface area contributed by atoms with E-state index in [1.54, 1.807) is 26.0 Å². The highest BCUT2D eigenvalue weighted by atomic mass is 79.9. The number of nitrogens with zero attached hydrogens (tertiary/aromatic N) is 1. The van der Waals surface area contributed by atoms with Gasteiger partial charge in [0.15, 0.2) is 18.1 Å². The standard InChI is InChI=1S/C25H30BrN3O7/c1-4-33-21-14-18(12-19(26)23(21)36-16-22(30)34-5-2)15-27-29-24(31)20(28-25(32)35-6-3)13-17-10-8-7-9-11-17/h7-12,14-15,20H,4-6,13,16H2,1-3H3,(H,28,32)(H,29,31)/b27-15-/t20-/m0/s1. The molecule has 0 radical (unpaired) electrons. The van der Waals surface area contributed by atoms with Crippen LogP contribution in [-0.4, -0.2) is 56.7 Å². The highest BCUT2D eigenvalue weighted by molar-refractivity contribution is 9.10. The molecule has 194 valence electrons. The number of amides is 2. The second kappa shape index (κ2) is 15.4. The number of nitrogens with one attached hydrogen (secondary N) is 2. The van der Waals surface area contributed by atoms with Gasteiger partial charge >= 0.3 is 12.1 Å². The van der Waals surface area contributed by atoms with Crippen LogP contribution in [-0.2, 0) is 25.5 Å². The van der Waals surface area contributed by atoms with Crippen LogP contribution in [0.15, 0.2) is 52.0 Å². The zero-order valence-electron chi connectivity index (χ0n) is 20.4. The Morgan fingerprint density at radius 3 is 2.39 bits per heavy atom. The Morgan fingerprint density at radius 2 is 1.72 bits per heavy atom. The maximum Gasteiger partial charge on any atom is 0.407 e. The van der Waals surface area contributed by atoms with E-state index in [2.05, 4.69) is 31.8 Å². The van der Waals surface area contributed by atoms with Crippen LogP contribution in [0.4, 0.5) is 4.79 Å². The molecule has 0 heterocycles. The molecule has 0 unspecified atom stereocenters. The predicted octanol–water partition coefficient (Wildman–Crippen LogP) is 3.60. The van der Waals surface area contributed by atoms with Gasteiger partial charge in [0.1, 0.15) is 6.04 Å². The van der Waals surface area contributed by atoms with Crippen LogP contribution in [0.1, 0.15) is 31.9 Å². The van der Waals surface area contributed by atoms with Gasteiger partial charge in [0.05, 0.1) is 30.5 Å². The van der Waals surface area contributed by atoms with Crippen LogP contribution in [0.3, 0.4) is 0 Å². The SMILES string of the molecule is CCOC(=O)COc1c(Br)cc(/C=N\NC(=O)[C@H](Cc2ccccc2)NC(=O)OCC)cc1OCC. The van der Waals surface area contributed by atoms with E-state index in [0.717, 1.165) is 5.56 Å². The van der Waals surface area contributed by atoms with Gasteiger partial charge in [0.25, 0.3) is 5.91 Å². The number of rotatable bonds is 13. The molecular formula is C25H30BrN3O7. The second-order valence-corrected chi connectivity index (χ2v) is 8.05. The van der Waals surface area contributed by atoms with Gasteiger partial charge in [-0.1, -0.05) is 30.3 Å². The van der Waals surface area contributed by atoms with E-state index >= 15 is 0 Å². The lowest BCUT2D eigenvalue weighted by molar-refractivity contribution is -0.145. The second-order valence-electron chi connectivity index (χ2n) is 7.20. The summed E-state index contributed by atoms with van der Waals surface area (Å²) in [6.45, 7) is 5.73. The number of hydrazone groups is 1. The summed E-state index contributed by atoms with van der Waals surface area (Å²) in [5, 5.41) is 6.58. The number of ether oxygens (including phenoxy) is 4. The molecular weight excluding hydrogens is 534 g/mol. The van der Waals surface area contributed by atoms with Crippen molar-refractivity contribution in [1.29, 1.82) is 0 Å². The number of alkyl carbamates (subject to hydrolysis) is 1. The van der Waals surface area contributed by atoms with Crippen LogP contribution >= 0.6 is 15.9 Å². The summed E-state index contributed by atoms with van der Waals surface area (Å²) in [4.78, 5) is 36.4. The van der Waals surface area contributed by atoms with Crippen molar-refractivity contribution in [1.82, 2.24) is 10.7 Å². The summed E-state index contributed by atoms with van der Waals surface area (Å²) >= 11 is 3.41. The molecule has 0 fully saturated rings. The van der Waals surface area contributed by atoms with E-state index in [1.165, 1.54) is 6.21 Å². The number of hydrogen-bond donors (Lipinski definition) is 2. The summed E-state index contributed by atoms with van der Waals surface area (Å²) in [7, 11) is 0. The van der Waals surface area contributed by atoms with Crippen molar-refractivity contribution in [2.75, 3.05) is 26.4 Å². The third-order valence-electron chi connectivity index (χ3n) is 4.53. The van der Waals surface area contributed by atoms with Gasteiger partial charge in [-0.25, -0.2) is 15.0 Å². The Hall–Kier alpha value is -3.60. The smallest absolute Gasteiger partial charge is 0.407 e. The summed E-state index contributed by atoms with van der Waals surface area (Å²) in [5.41, 5.74) is 3.90.